The van der Waals surface area contributed by atoms with Crippen LogP contribution in [0.2, 0.25) is 10.0 Å². The lowest BCUT2D eigenvalue weighted by Gasteiger charge is -2.11. The highest BCUT2D eigenvalue weighted by Crippen LogP contribution is 2.32. The number of methoxy groups -OCH3 is 1. The molecule has 0 N–H and O–H groups in total. The van der Waals surface area contributed by atoms with Gasteiger partial charge >= 0.3 is 11.7 Å². The lowest BCUT2D eigenvalue weighted by molar-refractivity contribution is 0.228. The van der Waals surface area contributed by atoms with Gasteiger partial charge in [-0.25, -0.2) is 9.36 Å². The first-order chi connectivity index (χ1) is 9.61. The minimum Gasteiger partial charge on any atom is -0.495 e. The number of rotatable bonds is 2. The summed E-state index contributed by atoms with van der Waals surface area (Å²) in [7, 11) is 1.49. The summed E-state index contributed by atoms with van der Waals surface area (Å²) in [6.07, 6.45) is 0.774. The highest BCUT2D eigenvalue weighted by Gasteiger charge is 2.21. The van der Waals surface area contributed by atoms with Crippen LogP contribution in [-0.4, -0.2) is 28.1 Å². The fourth-order valence-corrected chi connectivity index (χ4v) is 2.60. The third-order valence-electron chi connectivity index (χ3n) is 3.04. The van der Waals surface area contributed by atoms with Crippen molar-refractivity contribution in [1.82, 2.24) is 14.3 Å². The first-order valence-corrected chi connectivity index (χ1v) is 6.73. The van der Waals surface area contributed by atoms with Crippen LogP contribution in [0.15, 0.2) is 16.9 Å². The van der Waals surface area contributed by atoms with Crippen molar-refractivity contribution in [3.05, 3.63) is 32.7 Å². The Morgan fingerprint density at radius 1 is 1.35 bits per heavy atom. The van der Waals surface area contributed by atoms with Crippen molar-refractivity contribution in [3.8, 4) is 17.4 Å². The molecule has 2 aromatic rings. The van der Waals surface area contributed by atoms with Gasteiger partial charge in [-0.05, 0) is 12.5 Å². The van der Waals surface area contributed by atoms with Crippen LogP contribution in [0, 0.1) is 0 Å². The van der Waals surface area contributed by atoms with Crippen LogP contribution < -0.4 is 15.2 Å². The third-order valence-corrected chi connectivity index (χ3v) is 3.63. The highest BCUT2D eigenvalue weighted by atomic mass is 35.5. The molecular formula is C12H11Cl2N3O3. The quantitative estimate of drug-likeness (QED) is 0.852. The smallest absolute Gasteiger partial charge is 0.353 e. The Kier molecular flexibility index (Phi) is 3.35. The maximum Gasteiger partial charge on any atom is 0.353 e. The average molecular weight is 316 g/mol. The van der Waals surface area contributed by atoms with E-state index in [1.54, 1.807) is 6.07 Å². The van der Waals surface area contributed by atoms with Crippen molar-refractivity contribution in [1.29, 1.82) is 0 Å². The summed E-state index contributed by atoms with van der Waals surface area (Å²) < 4.78 is 13.2. The monoisotopic (exact) mass is 315 g/mol. The Labute approximate surface area is 124 Å². The van der Waals surface area contributed by atoms with Gasteiger partial charge in [-0.3, -0.25) is 0 Å². The van der Waals surface area contributed by atoms with Gasteiger partial charge in [-0.2, -0.15) is 4.68 Å². The largest absolute Gasteiger partial charge is 0.495 e. The van der Waals surface area contributed by atoms with E-state index in [9.17, 15) is 4.79 Å². The number of ether oxygens (including phenoxy) is 2. The number of hydrogen-bond donors (Lipinski definition) is 0. The predicted octanol–water partition coefficient (Wildman–Crippen LogP) is 2.13. The van der Waals surface area contributed by atoms with E-state index < -0.39 is 0 Å². The van der Waals surface area contributed by atoms with Crippen LogP contribution in [0.25, 0.3) is 5.69 Å². The molecule has 2 heterocycles. The van der Waals surface area contributed by atoms with Crippen LogP contribution in [0.5, 0.6) is 11.8 Å². The van der Waals surface area contributed by atoms with Crippen molar-refractivity contribution >= 4 is 23.2 Å². The molecule has 3 rings (SSSR count). The zero-order valence-corrected chi connectivity index (χ0v) is 12.1. The second-order valence-electron chi connectivity index (χ2n) is 4.27. The molecule has 0 amide bonds. The summed E-state index contributed by atoms with van der Waals surface area (Å²) in [5, 5.41) is 4.83. The van der Waals surface area contributed by atoms with Crippen molar-refractivity contribution in [2.24, 2.45) is 0 Å². The van der Waals surface area contributed by atoms with Crippen LogP contribution in [0.4, 0.5) is 0 Å². The lowest BCUT2D eigenvalue weighted by Crippen LogP contribution is -2.27. The molecule has 1 aromatic carbocycles. The third kappa shape index (κ3) is 2.05. The fourth-order valence-electron chi connectivity index (χ4n) is 2.06. The summed E-state index contributed by atoms with van der Waals surface area (Å²) >= 11 is 12.1. The molecule has 0 saturated heterocycles. The Hall–Kier alpha value is -1.66. The molecule has 1 aliphatic heterocycles. The van der Waals surface area contributed by atoms with E-state index in [1.807, 2.05) is 0 Å². The van der Waals surface area contributed by atoms with Crippen molar-refractivity contribution in [3.63, 3.8) is 0 Å². The van der Waals surface area contributed by atoms with Gasteiger partial charge in [-0.15, -0.1) is 5.10 Å². The molecule has 8 heteroatoms. The topological polar surface area (TPSA) is 58.3 Å². The van der Waals surface area contributed by atoms with Gasteiger partial charge in [-0.1, -0.05) is 23.2 Å². The average Bonchev–Trinajstić information content (AvgIpc) is 2.77. The molecule has 1 aromatic heterocycles. The SMILES string of the molecule is COc1cc(-n2nc3n(c2=O)CCCO3)c(Cl)cc1Cl. The second kappa shape index (κ2) is 5.03. The fraction of sp³-hybridized carbons (Fsp3) is 0.333. The van der Waals surface area contributed by atoms with Gasteiger partial charge in [0.05, 0.1) is 29.4 Å². The van der Waals surface area contributed by atoms with Crippen molar-refractivity contribution in [2.45, 2.75) is 13.0 Å². The van der Waals surface area contributed by atoms with E-state index in [-0.39, 0.29) is 5.69 Å². The van der Waals surface area contributed by atoms with Gasteiger partial charge < -0.3 is 9.47 Å². The van der Waals surface area contributed by atoms with Gasteiger partial charge in [0, 0.05) is 12.6 Å². The van der Waals surface area contributed by atoms with E-state index >= 15 is 0 Å². The van der Waals surface area contributed by atoms with E-state index in [1.165, 1.54) is 22.4 Å². The first kappa shape index (κ1) is 13.3. The number of hydrogen-bond acceptors (Lipinski definition) is 4. The molecule has 0 bridgehead atoms. The van der Waals surface area contributed by atoms with Crippen LogP contribution >= 0.6 is 23.2 Å². The zero-order chi connectivity index (χ0) is 14.3. The van der Waals surface area contributed by atoms with Crippen molar-refractivity contribution in [2.75, 3.05) is 13.7 Å². The molecule has 0 unspecified atom stereocenters. The summed E-state index contributed by atoms with van der Waals surface area (Å²) in [4.78, 5) is 12.3. The predicted molar refractivity (Wildman–Crippen MR) is 74.5 cm³/mol. The molecule has 1 aliphatic rings. The molecule has 106 valence electrons. The molecule has 0 saturated carbocycles. The Balaban J connectivity index is 2.19. The summed E-state index contributed by atoms with van der Waals surface area (Å²) in [5.74, 6) is 0.421. The zero-order valence-electron chi connectivity index (χ0n) is 10.6. The molecule has 20 heavy (non-hydrogen) atoms. The second-order valence-corrected chi connectivity index (χ2v) is 5.08. The van der Waals surface area contributed by atoms with Gasteiger partial charge in [0.1, 0.15) is 5.75 Å². The van der Waals surface area contributed by atoms with E-state index in [0.29, 0.717) is 40.6 Å². The Morgan fingerprint density at radius 3 is 2.85 bits per heavy atom. The number of nitrogens with zero attached hydrogens (tertiary/aromatic N) is 3. The maximum atomic E-state index is 12.3. The van der Waals surface area contributed by atoms with E-state index in [0.717, 1.165) is 6.42 Å². The highest BCUT2D eigenvalue weighted by molar-refractivity contribution is 6.36. The minimum absolute atomic E-state index is 0.297. The normalized spacial score (nSPS) is 13.8. The molecule has 0 fully saturated rings. The number of benzene rings is 1. The summed E-state index contributed by atoms with van der Waals surface area (Å²) in [5.41, 5.74) is 0.106. The lowest BCUT2D eigenvalue weighted by atomic mass is 10.3. The van der Waals surface area contributed by atoms with Gasteiger partial charge in [0.2, 0.25) is 0 Å². The molecule has 6 nitrogen and oxygen atoms in total. The van der Waals surface area contributed by atoms with E-state index in [2.05, 4.69) is 5.10 Å². The molecular weight excluding hydrogens is 305 g/mol. The number of halogens is 2. The van der Waals surface area contributed by atoms with Gasteiger partial charge in [0.15, 0.2) is 0 Å². The Bertz CT molecular complexity index is 723. The summed E-state index contributed by atoms with van der Waals surface area (Å²) in [6, 6.07) is 3.39. The first-order valence-electron chi connectivity index (χ1n) is 5.98. The van der Waals surface area contributed by atoms with Gasteiger partial charge in [0.25, 0.3) is 0 Å². The summed E-state index contributed by atoms with van der Waals surface area (Å²) in [6.45, 7) is 1.13. The number of aromatic nitrogens is 3. The molecule has 0 aliphatic carbocycles. The van der Waals surface area contributed by atoms with Crippen molar-refractivity contribution < 1.29 is 9.47 Å². The number of fused-ring (bicyclic) bond motifs is 1. The maximum absolute atomic E-state index is 12.3. The molecule has 0 radical (unpaired) electrons. The van der Waals surface area contributed by atoms with Crippen LogP contribution in [0.3, 0.4) is 0 Å². The molecule has 0 spiro atoms. The standard InChI is InChI=1S/C12H11Cl2N3O3/c1-19-10-6-9(7(13)5-8(10)14)17-12(18)16-3-2-4-20-11(16)15-17/h5-6H,2-4H2,1H3. The van der Waals surface area contributed by atoms with Crippen LogP contribution in [-0.2, 0) is 6.54 Å². The van der Waals surface area contributed by atoms with Crippen LogP contribution in [0.1, 0.15) is 6.42 Å². The Morgan fingerprint density at radius 2 is 2.15 bits per heavy atom. The molecule has 0 atom stereocenters. The minimum atomic E-state index is -0.300. The van der Waals surface area contributed by atoms with E-state index in [4.69, 9.17) is 32.7 Å².